The van der Waals surface area contributed by atoms with E-state index in [-0.39, 0.29) is 12.5 Å². The molecule has 4 aromatic rings. The van der Waals surface area contributed by atoms with Crippen molar-refractivity contribution < 1.29 is 14.3 Å². The Bertz CT molecular complexity index is 1410. The fourth-order valence-corrected chi connectivity index (χ4v) is 4.11. The number of amides is 2. The van der Waals surface area contributed by atoms with Crippen molar-refractivity contribution in [2.75, 3.05) is 32.6 Å². The zero-order chi connectivity index (χ0) is 24.5. The molecule has 5 rings (SSSR count). The van der Waals surface area contributed by atoms with Gasteiger partial charge < -0.3 is 20.3 Å². The molecule has 0 atom stereocenters. The summed E-state index contributed by atoms with van der Waals surface area (Å²) in [6.45, 7) is 1.33. The van der Waals surface area contributed by atoms with E-state index in [0.717, 1.165) is 0 Å². The summed E-state index contributed by atoms with van der Waals surface area (Å²) in [4.78, 5) is 31.9. The van der Waals surface area contributed by atoms with Gasteiger partial charge in [0.1, 0.15) is 23.6 Å². The van der Waals surface area contributed by atoms with Crippen molar-refractivity contribution in [1.82, 2.24) is 34.6 Å². The van der Waals surface area contributed by atoms with E-state index < -0.39 is 5.91 Å². The highest BCUT2D eigenvalue weighted by Gasteiger charge is 2.30. The Balaban J connectivity index is 1.48. The minimum atomic E-state index is -0.411. The van der Waals surface area contributed by atoms with Crippen molar-refractivity contribution in [3.8, 4) is 17.0 Å². The highest BCUT2D eigenvalue weighted by Crippen LogP contribution is 2.36. The maximum atomic E-state index is 13.2. The van der Waals surface area contributed by atoms with Gasteiger partial charge in [-0.25, -0.2) is 9.50 Å². The molecule has 0 radical (unpaired) electrons. The van der Waals surface area contributed by atoms with Gasteiger partial charge in [0, 0.05) is 48.3 Å². The van der Waals surface area contributed by atoms with Gasteiger partial charge in [-0.1, -0.05) is 11.6 Å². The Morgan fingerprint density at radius 3 is 2.89 bits per heavy atom. The lowest BCUT2D eigenvalue weighted by molar-refractivity contribution is -0.136. The van der Waals surface area contributed by atoms with Crippen LogP contribution in [0, 0.1) is 0 Å². The number of hydrogen-bond donors (Lipinski definition) is 2. The van der Waals surface area contributed by atoms with Crippen molar-refractivity contribution in [2.24, 2.45) is 0 Å². The molecule has 1 aliphatic rings. The van der Waals surface area contributed by atoms with E-state index >= 15 is 0 Å². The largest absolute Gasteiger partial charge is 0.496 e. The smallest absolute Gasteiger partial charge is 0.261 e. The molecule has 35 heavy (non-hydrogen) atoms. The van der Waals surface area contributed by atoms with Gasteiger partial charge in [-0.2, -0.15) is 10.2 Å². The number of rotatable bonds is 7. The molecule has 0 unspecified atom stereocenters. The number of likely N-dealkylation sites (N-methyl/N-ethyl adjacent to an activating group) is 1. The van der Waals surface area contributed by atoms with Crippen LogP contribution in [0.1, 0.15) is 10.4 Å². The normalized spacial score (nSPS) is 13.6. The van der Waals surface area contributed by atoms with Gasteiger partial charge in [0.2, 0.25) is 5.91 Å². The molecule has 1 aliphatic heterocycles. The third-order valence-electron chi connectivity index (χ3n) is 5.89. The number of carbonyl (C=O) groups excluding carboxylic acids is 2. The van der Waals surface area contributed by atoms with Gasteiger partial charge >= 0.3 is 0 Å². The van der Waals surface area contributed by atoms with Crippen LogP contribution in [0.15, 0.2) is 49.1 Å². The molecule has 2 amide bonds. The molecule has 12 heteroatoms. The van der Waals surface area contributed by atoms with E-state index in [1.165, 1.54) is 22.5 Å². The fourth-order valence-electron chi connectivity index (χ4n) is 3.94. The van der Waals surface area contributed by atoms with E-state index in [1.54, 1.807) is 47.8 Å². The fraction of sp³-hybridized carbons (Fsp3) is 0.261. The summed E-state index contributed by atoms with van der Waals surface area (Å²) in [6.07, 6.45) is 6.38. The molecule has 1 aromatic carbocycles. The number of nitrogens with zero attached hydrogens (tertiary/aromatic N) is 6. The molecule has 4 heterocycles. The first-order valence-corrected chi connectivity index (χ1v) is 11.3. The second kappa shape index (κ2) is 9.35. The minimum Gasteiger partial charge on any atom is -0.496 e. The number of methoxy groups -OCH3 is 1. The van der Waals surface area contributed by atoms with Crippen molar-refractivity contribution in [3.05, 3.63) is 59.6 Å². The van der Waals surface area contributed by atoms with Crippen LogP contribution in [0.5, 0.6) is 5.75 Å². The van der Waals surface area contributed by atoms with Gasteiger partial charge in [0.25, 0.3) is 5.91 Å². The Labute approximate surface area is 205 Å². The third kappa shape index (κ3) is 4.43. The van der Waals surface area contributed by atoms with E-state index in [4.69, 9.17) is 16.3 Å². The Kier molecular flexibility index (Phi) is 6.10. The van der Waals surface area contributed by atoms with Gasteiger partial charge in [-0.15, -0.1) is 0 Å². The number of benzene rings is 1. The van der Waals surface area contributed by atoms with Gasteiger partial charge in [-0.3, -0.25) is 14.3 Å². The van der Waals surface area contributed by atoms with Crippen LogP contribution < -0.4 is 15.4 Å². The summed E-state index contributed by atoms with van der Waals surface area (Å²) in [5, 5.41) is 15.3. The summed E-state index contributed by atoms with van der Waals surface area (Å²) >= 11 is 6.25. The first kappa shape index (κ1) is 22.8. The Hall–Kier alpha value is -3.96. The predicted molar refractivity (Wildman–Crippen MR) is 130 cm³/mol. The average molecular weight is 495 g/mol. The Morgan fingerprint density at radius 2 is 2.11 bits per heavy atom. The van der Waals surface area contributed by atoms with Crippen LogP contribution in [0.2, 0.25) is 5.02 Å². The van der Waals surface area contributed by atoms with Gasteiger partial charge in [-0.05, 0) is 31.3 Å². The number of aromatic nitrogens is 5. The quantitative estimate of drug-likeness (QED) is 0.403. The second-order valence-electron chi connectivity index (χ2n) is 8.12. The lowest BCUT2D eigenvalue weighted by Crippen LogP contribution is -2.59. The lowest BCUT2D eigenvalue weighted by Gasteiger charge is -2.39. The molecule has 1 saturated heterocycles. The van der Waals surface area contributed by atoms with Crippen molar-refractivity contribution in [2.45, 2.75) is 12.6 Å². The average Bonchev–Trinajstić information content (AvgIpc) is 3.42. The van der Waals surface area contributed by atoms with Crippen LogP contribution in [-0.2, 0) is 11.3 Å². The number of nitrogens with one attached hydrogen (secondary N) is 2. The summed E-state index contributed by atoms with van der Waals surface area (Å²) in [5.74, 6) is 0.0541. The maximum absolute atomic E-state index is 13.2. The molecule has 0 aliphatic carbocycles. The van der Waals surface area contributed by atoms with Crippen LogP contribution in [0.3, 0.4) is 0 Å². The number of ether oxygens (including phenoxy) is 1. The SMILES string of the molecule is CNC1CN(C(=O)Cn2cc(NC(=O)c3cnn4cccnc34)c(-c3cc(Cl)ccc3OC)n2)C1. The van der Waals surface area contributed by atoms with E-state index in [0.29, 0.717) is 58.1 Å². The first-order valence-electron chi connectivity index (χ1n) is 10.9. The Morgan fingerprint density at radius 1 is 1.29 bits per heavy atom. The van der Waals surface area contributed by atoms with Crippen molar-refractivity contribution in [1.29, 1.82) is 0 Å². The standard InChI is InChI=1S/C23H23ClN8O3/c1-25-15-10-30(11-15)20(33)13-31-12-18(21(29-31)16-8-14(24)4-5-19(16)35-2)28-23(34)17-9-27-32-7-3-6-26-22(17)32/h3-9,12,15,25H,10-11,13H2,1-2H3,(H,28,34). The van der Waals surface area contributed by atoms with Gasteiger partial charge in [0.05, 0.1) is 19.0 Å². The number of halogens is 1. The van der Waals surface area contributed by atoms with Crippen molar-refractivity contribution >= 4 is 34.7 Å². The molecular formula is C23H23ClN8O3. The second-order valence-corrected chi connectivity index (χ2v) is 8.55. The predicted octanol–water partition coefficient (Wildman–Crippen LogP) is 1.94. The molecule has 11 nitrogen and oxygen atoms in total. The number of anilines is 1. The molecule has 180 valence electrons. The zero-order valence-electron chi connectivity index (χ0n) is 19.1. The molecule has 1 fully saturated rings. The molecule has 2 N–H and O–H groups in total. The highest BCUT2D eigenvalue weighted by molar-refractivity contribution is 6.31. The summed E-state index contributed by atoms with van der Waals surface area (Å²) in [5.41, 5.74) is 2.13. The number of carbonyl (C=O) groups is 2. The third-order valence-corrected chi connectivity index (χ3v) is 6.13. The summed E-state index contributed by atoms with van der Waals surface area (Å²) < 4.78 is 8.52. The summed E-state index contributed by atoms with van der Waals surface area (Å²) in [7, 11) is 3.41. The minimum absolute atomic E-state index is 0.0282. The highest BCUT2D eigenvalue weighted by atomic mass is 35.5. The van der Waals surface area contributed by atoms with Crippen LogP contribution >= 0.6 is 11.6 Å². The van der Waals surface area contributed by atoms with Crippen LogP contribution in [-0.4, -0.2) is 74.4 Å². The van der Waals surface area contributed by atoms with Crippen LogP contribution in [0.25, 0.3) is 16.9 Å². The van der Waals surface area contributed by atoms with E-state index in [2.05, 4.69) is 25.8 Å². The molecule has 3 aromatic heterocycles. The monoisotopic (exact) mass is 494 g/mol. The topological polar surface area (TPSA) is 119 Å². The van der Waals surface area contributed by atoms with Gasteiger partial charge in [0.15, 0.2) is 5.65 Å². The maximum Gasteiger partial charge on any atom is 0.261 e. The number of fused-ring (bicyclic) bond motifs is 1. The molecule has 0 saturated carbocycles. The van der Waals surface area contributed by atoms with Crippen LogP contribution in [0.4, 0.5) is 5.69 Å². The molecule has 0 spiro atoms. The summed E-state index contributed by atoms with van der Waals surface area (Å²) in [6, 6.07) is 7.16. The molecule has 0 bridgehead atoms. The van der Waals surface area contributed by atoms with E-state index in [1.807, 2.05) is 7.05 Å². The first-order chi connectivity index (χ1) is 17.0. The number of likely N-dealkylation sites (tertiary alicyclic amines) is 1. The number of hydrogen-bond acceptors (Lipinski definition) is 7. The zero-order valence-corrected chi connectivity index (χ0v) is 19.9. The van der Waals surface area contributed by atoms with Crippen molar-refractivity contribution in [3.63, 3.8) is 0 Å². The molecular weight excluding hydrogens is 472 g/mol. The van der Waals surface area contributed by atoms with E-state index in [9.17, 15) is 9.59 Å². The lowest BCUT2D eigenvalue weighted by atomic mass is 10.1.